The van der Waals surface area contributed by atoms with Gasteiger partial charge in [-0.3, -0.25) is 5.32 Å². The second-order valence-electron chi connectivity index (χ2n) is 4.30. The molecule has 1 saturated heterocycles. The summed E-state index contributed by atoms with van der Waals surface area (Å²) in [7, 11) is 0. The maximum absolute atomic E-state index is 5.82. The SMILES string of the molecule is CC1(C)CN[C@H]([C@H]2CCC=CO2)O1. The van der Waals surface area contributed by atoms with Crippen LogP contribution in [0.1, 0.15) is 26.7 Å². The molecule has 0 unspecified atom stereocenters. The lowest BCUT2D eigenvalue weighted by molar-refractivity contribution is -0.0820. The Kier molecular flexibility index (Phi) is 2.30. The molecule has 0 aromatic rings. The third-order valence-electron chi connectivity index (χ3n) is 2.48. The molecule has 0 saturated carbocycles. The first-order valence-corrected chi connectivity index (χ1v) is 4.89. The summed E-state index contributed by atoms with van der Waals surface area (Å²) in [6.45, 7) is 5.10. The van der Waals surface area contributed by atoms with Gasteiger partial charge < -0.3 is 9.47 Å². The Morgan fingerprint density at radius 1 is 1.46 bits per heavy atom. The van der Waals surface area contributed by atoms with Crippen molar-refractivity contribution in [3.63, 3.8) is 0 Å². The first kappa shape index (κ1) is 9.03. The monoisotopic (exact) mass is 183 g/mol. The number of nitrogens with one attached hydrogen (secondary N) is 1. The Balaban J connectivity index is 1.92. The largest absolute Gasteiger partial charge is 0.494 e. The van der Waals surface area contributed by atoms with Crippen molar-refractivity contribution in [1.82, 2.24) is 5.32 Å². The zero-order valence-corrected chi connectivity index (χ0v) is 8.25. The summed E-state index contributed by atoms with van der Waals surface area (Å²) < 4.78 is 11.3. The first-order valence-electron chi connectivity index (χ1n) is 4.89. The molecule has 3 nitrogen and oxygen atoms in total. The fourth-order valence-electron chi connectivity index (χ4n) is 1.76. The molecule has 0 aliphatic carbocycles. The van der Waals surface area contributed by atoms with Crippen LogP contribution in [0.25, 0.3) is 0 Å². The van der Waals surface area contributed by atoms with Crippen molar-refractivity contribution >= 4 is 0 Å². The second kappa shape index (κ2) is 3.31. The molecule has 0 bridgehead atoms. The van der Waals surface area contributed by atoms with E-state index in [1.807, 2.05) is 0 Å². The Hall–Kier alpha value is -0.540. The van der Waals surface area contributed by atoms with E-state index in [4.69, 9.17) is 9.47 Å². The van der Waals surface area contributed by atoms with E-state index in [1.54, 1.807) is 6.26 Å². The minimum absolute atomic E-state index is 0.0464. The van der Waals surface area contributed by atoms with Gasteiger partial charge in [-0.2, -0.15) is 0 Å². The summed E-state index contributed by atoms with van der Waals surface area (Å²) >= 11 is 0. The van der Waals surface area contributed by atoms with Gasteiger partial charge in [-0.25, -0.2) is 0 Å². The molecule has 2 aliphatic rings. The van der Waals surface area contributed by atoms with Crippen LogP contribution in [0.5, 0.6) is 0 Å². The zero-order chi connectivity index (χ0) is 9.31. The van der Waals surface area contributed by atoms with Gasteiger partial charge >= 0.3 is 0 Å². The number of hydrogen-bond donors (Lipinski definition) is 1. The Bertz CT molecular complexity index is 213. The number of rotatable bonds is 1. The predicted molar refractivity (Wildman–Crippen MR) is 50.2 cm³/mol. The Morgan fingerprint density at radius 3 is 2.85 bits per heavy atom. The van der Waals surface area contributed by atoms with Crippen molar-refractivity contribution < 1.29 is 9.47 Å². The van der Waals surface area contributed by atoms with Crippen LogP contribution < -0.4 is 5.32 Å². The quantitative estimate of drug-likeness (QED) is 0.666. The molecule has 0 spiro atoms. The van der Waals surface area contributed by atoms with Gasteiger partial charge in [0, 0.05) is 6.54 Å². The molecule has 0 aromatic carbocycles. The lowest BCUT2D eigenvalue weighted by Gasteiger charge is -2.26. The van der Waals surface area contributed by atoms with Gasteiger partial charge in [0.15, 0.2) is 0 Å². The maximum Gasteiger partial charge on any atom is 0.146 e. The minimum Gasteiger partial charge on any atom is -0.494 e. The zero-order valence-electron chi connectivity index (χ0n) is 8.25. The minimum atomic E-state index is -0.0464. The third kappa shape index (κ3) is 2.03. The van der Waals surface area contributed by atoms with Crippen molar-refractivity contribution in [1.29, 1.82) is 0 Å². The fraction of sp³-hybridized carbons (Fsp3) is 0.800. The van der Waals surface area contributed by atoms with Gasteiger partial charge in [-0.1, -0.05) is 0 Å². The molecule has 2 rings (SSSR count). The van der Waals surface area contributed by atoms with Crippen LogP contribution in [0, 0.1) is 0 Å². The van der Waals surface area contributed by atoms with Crippen LogP contribution in [-0.2, 0) is 9.47 Å². The van der Waals surface area contributed by atoms with Crippen LogP contribution in [0.15, 0.2) is 12.3 Å². The summed E-state index contributed by atoms with van der Waals surface area (Å²) in [5.41, 5.74) is -0.0464. The lowest BCUT2D eigenvalue weighted by atomic mass is 10.1. The molecule has 2 aliphatic heterocycles. The van der Waals surface area contributed by atoms with Crippen LogP contribution >= 0.6 is 0 Å². The highest BCUT2D eigenvalue weighted by atomic mass is 16.6. The summed E-state index contributed by atoms with van der Waals surface area (Å²) in [6.07, 6.45) is 6.23. The van der Waals surface area contributed by atoms with E-state index in [1.165, 1.54) is 0 Å². The molecule has 74 valence electrons. The summed E-state index contributed by atoms with van der Waals surface area (Å²) in [4.78, 5) is 0. The van der Waals surface area contributed by atoms with Gasteiger partial charge in [0.25, 0.3) is 0 Å². The van der Waals surface area contributed by atoms with Crippen LogP contribution in [-0.4, -0.2) is 24.5 Å². The van der Waals surface area contributed by atoms with Crippen molar-refractivity contribution in [3.8, 4) is 0 Å². The van der Waals surface area contributed by atoms with E-state index in [9.17, 15) is 0 Å². The predicted octanol–water partition coefficient (Wildman–Crippen LogP) is 1.40. The molecular formula is C10H17NO2. The van der Waals surface area contributed by atoms with Crippen LogP contribution in [0.4, 0.5) is 0 Å². The summed E-state index contributed by atoms with van der Waals surface area (Å²) in [5, 5.41) is 3.34. The standard InChI is InChI=1S/C10H17NO2/c1-10(2)7-11-9(13-10)8-5-3-4-6-12-8/h4,6,8-9,11H,3,5,7H2,1-2H3/t8-,9+/m1/s1. The van der Waals surface area contributed by atoms with E-state index in [0.717, 1.165) is 19.4 Å². The highest BCUT2D eigenvalue weighted by Gasteiger charge is 2.36. The van der Waals surface area contributed by atoms with Crippen molar-refractivity contribution in [3.05, 3.63) is 12.3 Å². The third-order valence-corrected chi connectivity index (χ3v) is 2.48. The summed E-state index contributed by atoms with van der Waals surface area (Å²) in [5.74, 6) is 0. The molecule has 0 aromatic heterocycles. The van der Waals surface area contributed by atoms with Crippen molar-refractivity contribution in [2.45, 2.75) is 44.6 Å². The molecule has 13 heavy (non-hydrogen) atoms. The van der Waals surface area contributed by atoms with Gasteiger partial charge in [0.05, 0.1) is 11.9 Å². The van der Waals surface area contributed by atoms with E-state index in [-0.39, 0.29) is 17.9 Å². The second-order valence-corrected chi connectivity index (χ2v) is 4.30. The Labute approximate surface area is 79.1 Å². The fourth-order valence-corrected chi connectivity index (χ4v) is 1.76. The number of allylic oxidation sites excluding steroid dienone is 1. The van der Waals surface area contributed by atoms with E-state index >= 15 is 0 Å². The smallest absolute Gasteiger partial charge is 0.146 e. The molecule has 0 amide bonds. The molecule has 0 radical (unpaired) electrons. The average Bonchev–Trinajstić information content (AvgIpc) is 2.48. The normalized spacial score (nSPS) is 37.4. The molecule has 2 atom stereocenters. The molecular weight excluding hydrogens is 166 g/mol. The van der Waals surface area contributed by atoms with Gasteiger partial charge in [0.1, 0.15) is 12.3 Å². The van der Waals surface area contributed by atoms with Gasteiger partial charge in [0.2, 0.25) is 0 Å². The van der Waals surface area contributed by atoms with Crippen molar-refractivity contribution in [2.75, 3.05) is 6.54 Å². The lowest BCUT2D eigenvalue weighted by Crippen LogP contribution is -2.37. The number of hydrogen-bond acceptors (Lipinski definition) is 3. The molecule has 1 N–H and O–H groups in total. The van der Waals surface area contributed by atoms with E-state index in [0.29, 0.717) is 0 Å². The number of ether oxygens (including phenoxy) is 2. The Morgan fingerprint density at radius 2 is 2.31 bits per heavy atom. The maximum atomic E-state index is 5.82. The molecule has 1 fully saturated rings. The molecule has 2 heterocycles. The van der Waals surface area contributed by atoms with Gasteiger partial charge in [-0.15, -0.1) is 0 Å². The van der Waals surface area contributed by atoms with Crippen LogP contribution in [0.2, 0.25) is 0 Å². The average molecular weight is 183 g/mol. The first-order chi connectivity index (χ1) is 6.17. The topological polar surface area (TPSA) is 30.5 Å². The highest BCUT2D eigenvalue weighted by Crippen LogP contribution is 2.23. The van der Waals surface area contributed by atoms with Crippen LogP contribution in [0.3, 0.4) is 0 Å². The van der Waals surface area contributed by atoms with E-state index < -0.39 is 0 Å². The molecule has 3 heteroatoms. The summed E-state index contributed by atoms with van der Waals surface area (Å²) in [6, 6.07) is 0. The van der Waals surface area contributed by atoms with E-state index in [2.05, 4.69) is 25.2 Å². The highest BCUT2D eigenvalue weighted by molar-refractivity contribution is 4.90. The van der Waals surface area contributed by atoms with Gasteiger partial charge in [-0.05, 0) is 32.8 Å². The van der Waals surface area contributed by atoms with Crippen molar-refractivity contribution in [2.24, 2.45) is 0 Å².